The van der Waals surface area contributed by atoms with Crippen molar-refractivity contribution in [2.45, 2.75) is 31.6 Å². The molecule has 1 aromatic heterocycles. The number of alkyl halides is 3. The molecule has 27 heavy (non-hydrogen) atoms. The van der Waals surface area contributed by atoms with Gasteiger partial charge in [0, 0.05) is 11.7 Å². The van der Waals surface area contributed by atoms with E-state index in [0.29, 0.717) is 0 Å². The van der Waals surface area contributed by atoms with Crippen molar-refractivity contribution >= 4 is 17.7 Å². The van der Waals surface area contributed by atoms with Crippen LogP contribution in [0.2, 0.25) is 0 Å². The number of rotatable bonds is 5. The Bertz CT molecular complexity index is 846. The summed E-state index contributed by atoms with van der Waals surface area (Å²) in [5.74, 6) is -0.544. The number of carbonyl (C=O) groups excluding carboxylic acids is 2. The minimum atomic E-state index is -4.50. The van der Waals surface area contributed by atoms with Crippen LogP contribution in [-0.2, 0) is 17.5 Å². The largest absolute Gasteiger partial charge is 0.464 e. The van der Waals surface area contributed by atoms with Gasteiger partial charge in [-0.15, -0.1) is 0 Å². The number of carbonyl (C=O) groups is 2. The molecule has 1 aliphatic carbocycles. The van der Waals surface area contributed by atoms with Crippen molar-refractivity contribution in [2.24, 2.45) is 0 Å². The number of nitrogens with zero attached hydrogens (tertiary/aromatic N) is 2. The van der Waals surface area contributed by atoms with Crippen LogP contribution in [0, 0.1) is 0 Å². The molecule has 0 spiro atoms. The summed E-state index contributed by atoms with van der Waals surface area (Å²) in [7, 11) is 1.20. The quantitative estimate of drug-likeness (QED) is 0.797. The summed E-state index contributed by atoms with van der Waals surface area (Å²) >= 11 is 0. The fourth-order valence-corrected chi connectivity index (χ4v) is 2.45. The predicted molar refractivity (Wildman–Crippen MR) is 86.9 cm³/mol. The number of hydrogen-bond donors (Lipinski definition) is 1. The van der Waals surface area contributed by atoms with E-state index in [9.17, 15) is 22.8 Å². The highest BCUT2D eigenvalue weighted by Crippen LogP contribution is 2.32. The van der Waals surface area contributed by atoms with Gasteiger partial charge >= 0.3 is 18.2 Å². The molecular weight excluding hydrogens is 367 g/mol. The number of hydrogen-bond acceptors (Lipinski definition) is 5. The monoisotopic (exact) mass is 383 g/mol. The Morgan fingerprint density at radius 1 is 1.37 bits per heavy atom. The zero-order chi connectivity index (χ0) is 19.6. The van der Waals surface area contributed by atoms with Gasteiger partial charge in [-0.3, -0.25) is 0 Å². The molecule has 144 valence electrons. The molecule has 0 atom stereocenters. The number of benzene rings is 1. The van der Waals surface area contributed by atoms with E-state index in [1.807, 2.05) is 0 Å². The molecule has 1 heterocycles. The molecule has 10 heteroatoms. The van der Waals surface area contributed by atoms with Gasteiger partial charge in [0.25, 0.3) is 0 Å². The second kappa shape index (κ2) is 7.29. The first-order valence-corrected chi connectivity index (χ1v) is 8.05. The highest BCUT2D eigenvalue weighted by atomic mass is 19.4. The molecule has 0 bridgehead atoms. The van der Waals surface area contributed by atoms with Gasteiger partial charge < -0.3 is 19.4 Å². The van der Waals surface area contributed by atoms with E-state index in [0.717, 1.165) is 31.2 Å². The summed E-state index contributed by atoms with van der Waals surface area (Å²) in [6, 6.07) is 3.74. The summed E-state index contributed by atoms with van der Waals surface area (Å²) in [6.45, 7) is -0.0214. The number of amides is 2. The van der Waals surface area contributed by atoms with Crippen molar-refractivity contribution in [1.82, 2.24) is 9.88 Å². The Morgan fingerprint density at radius 3 is 2.74 bits per heavy atom. The average molecular weight is 383 g/mol. The van der Waals surface area contributed by atoms with Gasteiger partial charge in [-0.05, 0) is 31.0 Å². The molecule has 1 fully saturated rings. The van der Waals surface area contributed by atoms with E-state index in [-0.39, 0.29) is 29.9 Å². The van der Waals surface area contributed by atoms with Gasteiger partial charge in [-0.2, -0.15) is 13.2 Å². The number of ether oxygens (including phenoxy) is 1. The van der Waals surface area contributed by atoms with Crippen molar-refractivity contribution in [1.29, 1.82) is 0 Å². The van der Waals surface area contributed by atoms with Gasteiger partial charge in [0.15, 0.2) is 5.69 Å². The van der Waals surface area contributed by atoms with Crippen LogP contribution >= 0.6 is 0 Å². The van der Waals surface area contributed by atoms with Crippen molar-refractivity contribution in [3.05, 3.63) is 47.7 Å². The number of nitrogens with one attached hydrogen (secondary N) is 1. The Morgan fingerprint density at radius 2 is 2.11 bits per heavy atom. The average Bonchev–Trinajstić information content (AvgIpc) is 3.36. The zero-order valence-corrected chi connectivity index (χ0v) is 14.2. The van der Waals surface area contributed by atoms with Gasteiger partial charge in [0.1, 0.15) is 6.26 Å². The molecule has 0 radical (unpaired) electrons. The second-order valence-corrected chi connectivity index (χ2v) is 5.99. The lowest BCUT2D eigenvalue weighted by Gasteiger charge is -2.21. The Kier molecular flexibility index (Phi) is 5.06. The molecule has 2 amide bonds. The Hall–Kier alpha value is -3.04. The number of urea groups is 1. The first-order chi connectivity index (χ1) is 12.8. The van der Waals surface area contributed by atoms with Gasteiger partial charge in [-0.25, -0.2) is 14.6 Å². The Labute approximate surface area is 152 Å². The minimum Gasteiger partial charge on any atom is -0.464 e. The van der Waals surface area contributed by atoms with E-state index in [1.54, 1.807) is 0 Å². The lowest BCUT2D eigenvalue weighted by Crippen LogP contribution is -2.36. The van der Waals surface area contributed by atoms with Crippen LogP contribution in [0.15, 0.2) is 34.9 Å². The molecule has 0 aliphatic heterocycles. The number of oxazole rings is 1. The number of aromatic nitrogens is 1. The molecule has 0 saturated heterocycles. The van der Waals surface area contributed by atoms with Crippen LogP contribution in [0.5, 0.6) is 0 Å². The molecule has 1 saturated carbocycles. The van der Waals surface area contributed by atoms with E-state index in [4.69, 9.17) is 4.42 Å². The fourth-order valence-electron chi connectivity index (χ4n) is 2.45. The third-order valence-corrected chi connectivity index (χ3v) is 3.94. The van der Waals surface area contributed by atoms with Gasteiger partial charge in [0.2, 0.25) is 5.89 Å². The third kappa shape index (κ3) is 4.57. The maximum Gasteiger partial charge on any atom is 0.416 e. The summed E-state index contributed by atoms with van der Waals surface area (Å²) in [6.07, 6.45) is -1.85. The number of esters is 1. The molecule has 0 unspecified atom stereocenters. The molecule has 2 aromatic rings. The summed E-state index contributed by atoms with van der Waals surface area (Å²) in [4.78, 5) is 29.3. The summed E-state index contributed by atoms with van der Waals surface area (Å²) in [5.41, 5.74) is -0.849. The zero-order valence-electron chi connectivity index (χ0n) is 14.2. The second-order valence-electron chi connectivity index (χ2n) is 5.99. The maximum atomic E-state index is 12.8. The maximum absolute atomic E-state index is 12.8. The van der Waals surface area contributed by atoms with Crippen molar-refractivity contribution in [3.8, 4) is 0 Å². The standard InChI is InChI=1S/C17H16F3N3O4/c1-26-15(24)13-9-27-14(22-13)8-23(12-5-6-12)16(25)21-11-4-2-3-10(7-11)17(18,19)20/h2-4,7,9,12H,5-6,8H2,1H3,(H,21,25). The van der Waals surface area contributed by atoms with Crippen molar-refractivity contribution in [2.75, 3.05) is 12.4 Å². The van der Waals surface area contributed by atoms with Crippen LogP contribution in [0.1, 0.15) is 34.8 Å². The Balaban J connectivity index is 1.71. The van der Waals surface area contributed by atoms with E-state index >= 15 is 0 Å². The topological polar surface area (TPSA) is 84.7 Å². The third-order valence-electron chi connectivity index (χ3n) is 3.94. The van der Waals surface area contributed by atoms with E-state index in [1.165, 1.54) is 24.1 Å². The normalized spacial score (nSPS) is 13.9. The van der Waals surface area contributed by atoms with Crippen LogP contribution in [-0.4, -0.2) is 35.0 Å². The van der Waals surface area contributed by atoms with Crippen LogP contribution in [0.3, 0.4) is 0 Å². The first kappa shape index (κ1) is 18.7. The molecule has 3 rings (SSSR count). The van der Waals surface area contributed by atoms with Crippen LogP contribution < -0.4 is 5.32 Å². The van der Waals surface area contributed by atoms with Crippen molar-refractivity contribution < 1.29 is 31.9 Å². The first-order valence-electron chi connectivity index (χ1n) is 8.05. The SMILES string of the molecule is COC(=O)c1coc(CN(C(=O)Nc2cccc(C(F)(F)F)c2)C2CC2)n1. The van der Waals surface area contributed by atoms with Crippen LogP contribution in [0.25, 0.3) is 0 Å². The van der Waals surface area contributed by atoms with E-state index < -0.39 is 23.7 Å². The molecule has 1 aliphatic rings. The number of methoxy groups -OCH3 is 1. The minimum absolute atomic E-state index is 0.0214. The smallest absolute Gasteiger partial charge is 0.416 e. The highest BCUT2D eigenvalue weighted by Gasteiger charge is 2.34. The summed E-state index contributed by atoms with van der Waals surface area (Å²) < 4.78 is 48.1. The predicted octanol–water partition coefficient (Wildman–Crippen LogP) is 3.68. The molecule has 1 aromatic carbocycles. The van der Waals surface area contributed by atoms with Gasteiger partial charge in [0.05, 0.1) is 19.2 Å². The molecular formula is C17H16F3N3O4. The molecule has 1 N–H and O–H groups in total. The van der Waals surface area contributed by atoms with Gasteiger partial charge in [-0.1, -0.05) is 6.07 Å². The highest BCUT2D eigenvalue weighted by molar-refractivity contribution is 5.90. The summed E-state index contributed by atoms with van der Waals surface area (Å²) in [5, 5.41) is 2.46. The number of halogens is 3. The lowest BCUT2D eigenvalue weighted by atomic mass is 10.2. The fraction of sp³-hybridized carbons (Fsp3) is 0.353. The van der Waals surface area contributed by atoms with E-state index in [2.05, 4.69) is 15.0 Å². The van der Waals surface area contributed by atoms with Crippen LogP contribution in [0.4, 0.5) is 23.7 Å². The van der Waals surface area contributed by atoms with Crippen molar-refractivity contribution in [3.63, 3.8) is 0 Å². The lowest BCUT2D eigenvalue weighted by molar-refractivity contribution is -0.137. The molecule has 7 nitrogen and oxygen atoms in total. The number of anilines is 1.